The molecule has 0 saturated carbocycles. The van der Waals surface area contributed by atoms with Gasteiger partial charge in [-0.05, 0) is 36.1 Å². The molecule has 0 aliphatic carbocycles. The Labute approximate surface area is 144 Å². The first kappa shape index (κ1) is 16.3. The summed E-state index contributed by atoms with van der Waals surface area (Å²) in [5, 5.41) is 0.734. The summed E-state index contributed by atoms with van der Waals surface area (Å²) in [5.74, 6) is -0.344. The molecule has 0 aliphatic heterocycles. The van der Waals surface area contributed by atoms with Crippen molar-refractivity contribution in [2.24, 2.45) is 0 Å². The maximum Gasteiger partial charge on any atom is 0.349 e. The zero-order chi connectivity index (χ0) is 17.1. The molecule has 0 N–H and O–H groups in total. The van der Waals surface area contributed by atoms with Crippen molar-refractivity contribution in [2.45, 2.75) is 11.4 Å². The van der Waals surface area contributed by atoms with Crippen molar-refractivity contribution in [3.63, 3.8) is 0 Å². The van der Waals surface area contributed by atoms with Crippen LogP contribution < -0.4 is 5.63 Å². The third-order valence-corrected chi connectivity index (χ3v) is 4.54. The summed E-state index contributed by atoms with van der Waals surface area (Å²) in [6.45, 7) is 0.430. The van der Waals surface area contributed by atoms with Gasteiger partial charge in [-0.25, -0.2) is 4.79 Å². The van der Waals surface area contributed by atoms with E-state index >= 15 is 0 Å². The molecule has 0 fully saturated rings. The average molecular weight is 339 g/mol. The highest BCUT2D eigenvalue weighted by atomic mass is 32.2. The van der Waals surface area contributed by atoms with Gasteiger partial charge in [-0.15, -0.1) is 11.8 Å². The smallest absolute Gasteiger partial charge is 0.349 e. The van der Waals surface area contributed by atoms with Crippen molar-refractivity contribution < 1.29 is 9.21 Å². The standard InChI is InChI=1S/C19H17NO3S/c1-20(12-13-7-9-15(24-2)10-8-13)18(21)16-11-14-5-3-4-6-17(14)23-19(16)22/h3-11H,12H2,1-2H3. The van der Waals surface area contributed by atoms with Gasteiger partial charge in [0, 0.05) is 23.9 Å². The molecular formula is C19H17NO3S. The van der Waals surface area contributed by atoms with Gasteiger partial charge in [0.2, 0.25) is 0 Å². The minimum atomic E-state index is -0.608. The quantitative estimate of drug-likeness (QED) is 0.536. The van der Waals surface area contributed by atoms with Crippen LogP contribution in [0.3, 0.4) is 0 Å². The molecule has 0 bridgehead atoms. The summed E-state index contributed by atoms with van der Waals surface area (Å²) >= 11 is 1.67. The lowest BCUT2D eigenvalue weighted by atomic mass is 10.1. The second kappa shape index (κ2) is 6.93. The maximum atomic E-state index is 12.6. The third-order valence-electron chi connectivity index (χ3n) is 3.80. The summed E-state index contributed by atoms with van der Waals surface area (Å²) in [7, 11) is 1.68. The molecular weight excluding hydrogens is 322 g/mol. The van der Waals surface area contributed by atoms with Crippen LogP contribution in [-0.2, 0) is 6.54 Å². The van der Waals surface area contributed by atoms with Gasteiger partial charge >= 0.3 is 5.63 Å². The van der Waals surface area contributed by atoms with Crippen LogP contribution >= 0.6 is 11.8 Å². The SMILES string of the molecule is CSc1ccc(CN(C)C(=O)c2cc3ccccc3oc2=O)cc1. The topological polar surface area (TPSA) is 50.5 Å². The lowest BCUT2D eigenvalue weighted by Gasteiger charge is -2.17. The van der Waals surface area contributed by atoms with E-state index in [-0.39, 0.29) is 11.5 Å². The molecule has 0 atom stereocenters. The second-order valence-electron chi connectivity index (χ2n) is 5.49. The van der Waals surface area contributed by atoms with Gasteiger partial charge in [0.05, 0.1) is 0 Å². The number of hydrogen-bond acceptors (Lipinski definition) is 4. The number of nitrogens with zero attached hydrogens (tertiary/aromatic N) is 1. The normalized spacial score (nSPS) is 10.8. The van der Waals surface area contributed by atoms with Crippen molar-refractivity contribution in [3.8, 4) is 0 Å². The van der Waals surface area contributed by atoms with E-state index in [9.17, 15) is 9.59 Å². The Morgan fingerprint density at radius 2 is 1.83 bits per heavy atom. The minimum absolute atomic E-state index is 0.0527. The van der Waals surface area contributed by atoms with Crippen LogP contribution in [0.1, 0.15) is 15.9 Å². The van der Waals surface area contributed by atoms with Gasteiger partial charge < -0.3 is 9.32 Å². The molecule has 0 radical (unpaired) electrons. The van der Waals surface area contributed by atoms with Crippen LogP contribution in [0.25, 0.3) is 11.0 Å². The van der Waals surface area contributed by atoms with Crippen molar-refractivity contribution in [2.75, 3.05) is 13.3 Å². The van der Waals surface area contributed by atoms with Crippen molar-refractivity contribution in [1.29, 1.82) is 0 Å². The number of thioether (sulfide) groups is 1. The molecule has 1 amide bonds. The van der Waals surface area contributed by atoms with Gasteiger partial charge in [0.1, 0.15) is 11.1 Å². The molecule has 3 aromatic rings. The molecule has 4 nitrogen and oxygen atoms in total. The largest absolute Gasteiger partial charge is 0.422 e. The van der Waals surface area contributed by atoms with E-state index in [0.29, 0.717) is 12.1 Å². The van der Waals surface area contributed by atoms with Crippen molar-refractivity contribution in [3.05, 3.63) is 76.1 Å². The van der Waals surface area contributed by atoms with E-state index in [0.717, 1.165) is 10.9 Å². The molecule has 24 heavy (non-hydrogen) atoms. The summed E-state index contributed by atoms with van der Waals surface area (Å²) in [4.78, 5) is 27.4. The minimum Gasteiger partial charge on any atom is -0.422 e. The molecule has 1 aromatic heterocycles. The van der Waals surface area contributed by atoms with Crippen LogP contribution in [0.2, 0.25) is 0 Å². The number of carbonyl (C=O) groups excluding carboxylic acids is 1. The van der Waals surface area contributed by atoms with Crippen LogP contribution in [0.4, 0.5) is 0 Å². The maximum absolute atomic E-state index is 12.6. The van der Waals surface area contributed by atoms with E-state index < -0.39 is 5.63 Å². The highest BCUT2D eigenvalue weighted by molar-refractivity contribution is 7.98. The lowest BCUT2D eigenvalue weighted by molar-refractivity contribution is 0.0781. The van der Waals surface area contributed by atoms with Gasteiger partial charge in [-0.3, -0.25) is 4.79 Å². The first-order chi connectivity index (χ1) is 11.6. The Kier molecular flexibility index (Phi) is 4.71. The van der Waals surface area contributed by atoms with E-state index in [2.05, 4.69) is 0 Å². The van der Waals surface area contributed by atoms with E-state index in [1.165, 1.54) is 9.80 Å². The number of carbonyl (C=O) groups is 1. The van der Waals surface area contributed by atoms with Crippen molar-refractivity contribution >= 4 is 28.6 Å². The lowest BCUT2D eigenvalue weighted by Crippen LogP contribution is -2.30. The van der Waals surface area contributed by atoms with Crippen LogP contribution in [0.5, 0.6) is 0 Å². The number of para-hydroxylation sites is 1. The van der Waals surface area contributed by atoms with Gasteiger partial charge in [-0.1, -0.05) is 30.3 Å². The average Bonchev–Trinajstić information content (AvgIpc) is 2.61. The molecule has 122 valence electrons. The number of rotatable bonds is 4. The second-order valence-corrected chi connectivity index (χ2v) is 6.37. The Morgan fingerprint density at radius 1 is 1.12 bits per heavy atom. The van der Waals surface area contributed by atoms with E-state index in [4.69, 9.17) is 4.42 Å². The molecule has 5 heteroatoms. The molecule has 3 rings (SSSR count). The zero-order valence-corrected chi connectivity index (χ0v) is 14.3. The van der Waals surface area contributed by atoms with Gasteiger partial charge in [0.25, 0.3) is 5.91 Å². The molecule has 0 unspecified atom stereocenters. The zero-order valence-electron chi connectivity index (χ0n) is 13.5. The first-order valence-electron chi connectivity index (χ1n) is 7.50. The first-order valence-corrected chi connectivity index (χ1v) is 8.72. The monoisotopic (exact) mass is 339 g/mol. The number of benzene rings is 2. The predicted molar refractivity (Wildman–Crippen MR) is 96.5 cm³/mol. The highest BCUT2D eigenvalue weighted by Gasteiger charge is 2.18. The molecule has 1 heterocycles. The Morgan fingerprint density at radius 3 is 2.54 bits per heavy atom. The predicted octanol–water partition coefficient (Wildman–Crippen LogP) is 3.79. The number of amides is 1. The fourth-order valence-corrected chi connectivity index (χ4v) is 2.90. The van der Waals surface area contributed by atoms with E-state index in [1.807, 2.05) is 42.7 Å². The highest BCUT2D eigenvalue weighted by Crippen LogP contribution is 2.17. The fourth-order valence-electron chi connectivity index (χ4n) is 2.49. The van der Waals surface area contributed by atoms with Gasteiger partial charge in [0.15, 0.2) is 0 Å². The van der Waals surface area contributed by atoms with Crippen LogP contribution in [0.15, 0.2) is 68.7 Å². The Balaban J connectivity index is 1.84. The van der Waals surface area contributed by atoms with Crippen LogP contribution in [0, 0.1) is 0 Å². The number of hydrogen-bond donors (Lipinski definition) is 0. The summed E-state index contributed by atoms with van der Waals surface area (Å²) in [6, 6.07) is 16.8. The van der Waals surface area contributed by atoms with Gasteiger partial charge in [-0.2, -0.15) is 0 Å². The molecule has 2 aromatic carbocycles. The number of fused-ring (bicyclic) bond motifs is 1. The Bertz CT molecular complexity index is 931. The summed E-state index contributed by atoms with van der Waals surface area (Å²) in [6.07, 6.45) is 2.02. The summed E-state index contributed by atoms with van der Waals surface area (Å²) in [5.41, 5.74) is 0.934. The van der Waals surface area contributed by atoms with Crippen molar-refractivity contribution in [1.82, 2.24) is 4.90 Å². The van der Waals surface area contributed by atoms with E-state index in [1.54, 1.807) is 37.0 Å². The molecule has 0 saturated heterocycles. The molecule has 0 aliphatic rings. The van der Waals surface area contributed by atoms with Crippen LogP contribution in [-0.4, -0.2) is 24.1 Å². The third kappa shape index (κ3) is 3.36. The Hall–Kier alpha value is -2.53. The molecule has 0 spiro atoms. The fraction of sp³-hybridized carbons (Fsp3) is 0.158. The summed E-state index contributed by atoms with van der Waals surface area (Å²) < 4.78 is 5.24.